The molecular weight excluding hydrogens is 346 g/mol. The molecule has 0 aromatic rings. The fourth-order valence-electron chi connectivity index (χ4n) is 1.37. The molecule has 0 spiro atoms. The molecule has 1 aliphatic heterocycles. The number of hydrogen-bond acceptors (Lipinski definition) is 9. The van der Waals surface area contributed by atoms with Gasteiger partial charge in [0.2, 0.25) is 0 Å². The summed E-state index contributed by atoms with van der Waals surface area (Å²) < 4.78 is 14.4. The quantitative estimate of drug-likeness (QED) is 0.462. The molecule has 0 bridgehead atoms. The maximum atomic E-state index is 11.5. The van der Waals surface area contributed by atoms with E-state index in [9.17, 15) is 19.2 Å². The van der Waals surface area contributed by atoms with Gasteiger partial charge in [-0.05, 0) is 0 Å². The van der Waals surface area contributed by atoms with Gasteiger partial charge in [0.25, 0.3) is 0 Å². The zero-order valence-electron chi connectivity index (χ0n) is 11.0. The monoisotopic (exact) mass is 360 g/mol. The second-order valence-corrected chi connectivity index (χ2v) is 7.03. The van der Waals surface area contributed by atoms with Gasteiger partial charge >= 0.3 is 125 Å². The number of carbonyl (C=O) groups excluding carboxylic acids is 3. The van der Waals surface area contributed by atoms with Crippen LogP contribution in [0.15, 0.2) is 0 Å². The SMILES string of the molecule is N[C@@H](CCC(=O)[O][Ga]1[O]C(=O)CC[C@H](N)C(=O)[O]1)C(=O)O. The first-order chi connectivity index (χ1) is 9.79. The Morgan fingerprint density at radius 3 is 2.71 bits per heavy atom. The third-order valence-electron chi connectivity index (χ3n) is 2.61. The van der Waals surface area contributed by atoms with Gasteiger partial charge in [0.15, 0.2) is 0 Å². The van der Waals surface area contributed by atoms with E-state index < -0.39 is 53.3 Å². The molecule has 10 nitrogen and oxygen atoms in total. The van der Waals surface area contributed by atoms with E-state index in [0.29, 0.717) is 0 Å². The summed E-state index contributed by atoms with van der Waals surface area (Å²) in [4.78, 5) is 44.7. The van der Waals surface area contributed by atoms with E-state index in [-0.39, 0.29) is 25.7 Å². The molecule has 11 heteroatoms. The Morgan fingerprint density at radius 1 is 1.43 bits per heavy atom. The van der Waals surface area contributed by atoms with E-state index in [4.69, 9.17) is 27.2 Å². The molecule has 0 unspecified atom stereocenters. The number of carbonyl (C=O) groups is 4. The molecule has 0 aromatic carbocycles. The van der Waals surface area contributed by atoms with Crippen LogP contribution in [-0.2, 0) is 29.8 Å². The minimum absolute atomic E-state index is 0.0700. The van der Waals surface area contributed by atoms with Crippen molar-refractivity contribution in [2.75, 3.05) is 0 Å². The molecule has 1 rings (SSSR count). The normalized spacial score (nSPS) is 20.7. The first kappa shape index (κ1) is 17.5. The zero-order valence-corrected chi connectivity index (χ0v) is 13.4. The van der Waals surface area contributed by atoms with Crippen molar-refractivity contribution in [3.8, 4) is 0 Å². The number of carboxylic acid groups (broad SMARTS) is 1. The molecular formula is C10H15GaN2O8. The second kappa shape index (κ2) is 8.02. The Bertz CT molecular complexity index is 443. The van der Waals surface area contributed by atoms with Crippen LogP contribution < -0.4 is 11.5 Å². The van der Waals surface area contributed by atoms with Gasteiger partial charge in [-0.3, -0.25) is 0 Å². The Balaban J connectivity index is 2.50. The van der Waals surface area contributed by atoms with E-state index in [1.807, 2.05) is 0 Å². The molecule has 0 aliphatic carbocycles. The van der Waals surface area contributed by atoms with Gasteiger partial charge < -0.3 is 0 Å². The van der Waals surface area contributed by atoms with Crippen molar-refractivity contribution >= 4 is 41.2 Å². The summed E-state index contributed by atoms with van der Waals surface area (Å²) in [6, 6.07) is -2.17. The van der Waals surface area contributed by atoms with Crippen molar-refractivity contribution < 1.29 is 34.9 Å². The predicted octanol–water partition coefficient (Wildman–Crippen LogP) is -2.09. The molecule has 0 saturated carbocycles. The first-order valence-corrected chi connectivity index (χ1v) is 9.09. The van der Waals surface area contributed by atoms with Gasteiger partial charge in [-0.25, -0.2) is 0 Å². The Kier molecular flexibility index (Phi) is 6.68. The van der Waals surface area contributed by atoms with Crippen molar-refractivity contribution in [3.05, 3.63) is 0 Å². The van der Waals surface area contributed by atoms with Crippen LogP contribution in [-0.4, -0.2) is 58.4 Å². The minimum atomic E-state index is -3.84. The van der Waals surface area contributed by atoms with Crippen LogP contribution in [0, 0.1) is 0 Å². The fraction of sp³-hybridized carbons (Fsp3) is 0.600. The molecule has 21 heavy (non-hydrogen) atoms. The summed E-state index contributed by atoms with van der Waals surface area (Å²) in [6.45, 7) is 0. The van der Waals surface area contributed by atoms with Gasteiger partial charge in [-0.2, -0.15) is 0 Å². The number of nitrogens with two attached hydrogens (primary N) is 2. The Morgan fingerprint density at radius 2 is 2.10 bits per heavy atom. The van der Waals surface area contributed by atoms with Crippen molar-refractivity contribution in [3.63, 3.8) is 0 Å². The second-order valence-electron chi connectivity index (χ2n) is 4.33. The van der Waals surface area contributed by atoms with Gasteiger partial charge in [0, 0.05) is 0 Å². The topological polar surface area (TPSA) is 168 Å². The first-order valence-electron chi connectivity index (χ1n) is 6.13. The maximum absolute atomic E-state index is 11.5. The summed E-state index contributed by atoms with van der Waals surface area (Å²) in [6.07, 6.45) is -0.422. The molecule has 0 aromatic heterocycles. The van der Waals surface area contributed by atoms with Crippen molar-refractivity contribution in [2.24, 2.45) is 11.5 Å². The van der Waals surface area contributed by atoms with E-state index in [2.05, 4.69) is 0 Å². The summed E-state index contributed by atoms with van der Waals surface area (Å²) in [5, 5.41) is 8.57. The van der Waals surface area contributed by atoms with Gasteiger partial charge in [-0.1, -0.05) is 0 Å². The van der Waals surface area contributed by atoms with Crippen molar-refractivity contribution in [2.45, 2.75) is 37.8 Å². The molecule has 1 aliphatic rings. The Hall–Kier alpha value is -1.56. The van der Waals surface area contributed by atoms with Crippen LogP contribution in [0.5, 0.6) is 0 Å². The summed E-state index contributed by atoms with van der Waals surface area (Å²) in [5.74, 6) is -3.54. The molecule has 0 radical (unpaired) electrons. The third kappa shape index (κ3) is 6.16. The average Bonchev–Trinajstić information content (AvgIpc) is 2.40. The molecule has 116 valence electrons. The van der Waals surface area contributed by atoms with Crippen LogP contribution in [0.3, 0.4) is 0 Å². The molecule has 0 amide bonds. The van der Waals surface area contributed by atoms with E-state index >= 15 is 0 Å². The fourth-order valence-corrected chi connectivity index (χ4v) is 3.84. The Labute approximate surface area is 126 Å². The van der Waals surface area contributed by atoms with Crippen LogP contribution in [0.1, 0.15) is 25.7 Å². The van der Waals surface area contributed by atoms with E-state index in [1.54, 1.807) is 0 Å². The van der Waals surface area contributed by atoms with Crippen LogP contribution in [0.4, 0.5) is 0 Å². The molecule has 1 saturated heterocycles. The molecule has 5 N–H and O–H groups in total. The summed E-state index contributed by atoms with van der Waals surface area (Å²) in [7, 11) is 0. The van der Waals surface area contributed by atoms with Crippen LogP contribution in [0.2, 0.25) is 0 Å². The third-order valence-corrected chi connectivity index (χ3v) is 5.41. The standard InChI is InChI=1S/2C5H9NO4.Ga/c2*6-3(5(9)10)1-2-4(7)8;/h2*3H,1-2,6H2,(H,7,8)(H,9,10);/q;;+3/p-3/t2*3-;/m00./s1. The molecule has 1 heterocycles. The summed E-state index contributed by atoms with van der Waals surface area (Å²) in [5.41, 5.74) is 10.7. The molecule has 1 fully saturated rings. The van der Waals surface area contributed by atoms with Gasteiger partial charge in [0.1, 0.15) is 0 Å². The number of rotatable bonds is 5. The van der Waals surface area contributed by atoms with Gasteiger partial charge in [0.05, 0.1) is 0 Å². The van der Waals surface area contributed by atoms with E-state index in [1.165, 1.54) is 0 Å². The van der Waals surface area contributed by atoms with Crippen molar-refractivity contribution in [1.29, 1.82) is 0 Å². The van der Waals surface area contributed by atoms with Crippen LogP contribution in [0.25, 0.3) is 0 Å². The average molecular weight is 361 g/mol. The van der Waals surface area contributed by atoms with Gasteiger partial charge in [-0.15, -0.1) is 0 Å². The number of aliphatic carboxylic acids is 1. The zero-order chi connectivity index (χ0) is 16.0. The number of hydrogen-bond donors (Lipinski definition) is 3. The van der Waals surface area contributed by atoms with Crippen molar-refractivity contribution in [1.82, 2.24) is 0 Å². The summed E-state index contributed by atoms with van der Waals surface area (Å²) >= 11 is -3.84. The van der Waals surface area contributed by atoms with Crippen LogP contribution >= 0.6 is 0 Å². The molecule has 2 atom stereocenters. The number of carboxylic acids is 1. The predicted molar refractivity (Wildman–Crippen MR) is 66.1 cm³/mol. The van der Waals surface area contributed by atoms with E-state index in [0.717, 1.165) is 0 Å².